The van der Waals surface area contributed by atoms with E-state index in [2.05, 4.69) is 9.84 Å². The van der Waals surface area contributed by atoms with Crippen molar-refractivity contribution >= 4 is 23.5 Å². The molecular weight excluding hydrogens is 382 g/mol. The van der Waals surface area contributed by atoms with Crippen LogP contribution in [0, 0.1) is 0 Å². The van der Waals surface area contributed by atoms with Crippen molar-refractivity contribution in [2.45, 2.75) is 12.8 Å². The maximum atomic E-state index is 12.8. The number of ether oxygens (including phenoxy) is 1. The Labute approximate surface area is 167 Å². The first-order chi connectivity index (χ1) is 13.5. The Morgan fingerprint density at radius 3 is 2.64 bits per heavy atom. The fourth-order valence-electron chi connectivity index (χ4n) is 2.72. The largest absolute Gasteiger partial charge is 0.469 e. The van der Waals surface area contributed by atoms with E-state index < -0.39 is 0 Å². The van der Waals surface area contributed by atoms with Gasteiger partial charge in [-0.1, -0.05) is 11.6 Å². The first kappa shape index (κ1) is 19.7. The Morgan fingerprint density at radius 2 is 2.00 bits per heavy atom. The molecule has 0 atom stereocenters. The van der Waals surface area contributed by atoms with E-state index in [0.717, 1.165) is 5.69 Å². The Hall–Kier alpha value is -3.06. The summed E-state index contributed by atoms with van der Waals surface area (Å²) in [6.07, 6.45) is 2.33. The molecule has 28 heavy (non-hydrogen) atoms. The topological polar surface area (TPSA) is 77.6 Å². The van der Waals surface area contributed by atoms with Crippen LogP contribution in [0.3, 0.4) is 0 Å². The molecule has 0 spiro atoms. The summed E-state index contributed by atoms with van der Waals surface area (Å²) in [7, 11) is 3.02. The van der Waals surface area contributed by atoms with Crippen LogP contribution in [-0.4, -0.2) is 47.3 Å². The number of hydrogen-bond acceptors (Lipinski definition) is 5. The van der Waals surface area contributed by atoms with Gasteiger partial charge >= 0.3 is 5.97 Å². The van der Waals surface area contributed by atoms with Gasteiger partial charge in [0.05, 0.1) is 19.1 Å². The monoisotopic (exact) mass is 401 g/mol. The van der Waals surface area contributed by atoms with Crippen molar-refractivity contribution in [3.05, 3.63) is 59.4 Å². The zero-order valence-electron chi connectivity index (χ0n) is 15.6. The fourth-order valence-corrected chi connectivity index (χ4v) is 2.85. The third-order valence-electron chi connectivity index (χ3n) is 4.22. The molecule has 0 bridgehead atoms. The van der Waals surface area contributed by atoms with Gasteiger partial charge in [0, 0.05) is 31.1 Å². The summed E-state index contributed by atoms with van der Waals surface area (Å²) in [6.45, 7) is 0.415. The fraction of sp³-hybridized carbons (Fsp3) is 0.250. The first-order valence-electron chi connectivity index (χ1n) is 8.71. The standard InChI is InChI=1S/C20H20ClN3O4/c1-23(11-3-6-19(25)27-2)20(26)16-13-17(18-5-4-12-28-18)24(22-16)15-9-7-14(21)8-10-15/h4-5,7-10,12-13H,3,6,11H2,1-2H3. The van der Waals surface area contributed by atoms with Crippen LogP contribution in [0.25, 0.3) is 17.1 Å². The molecule has 1 aromatic carbocycles. The van der Waals surface area contributed by atoms with E-state index in [1.165, 1.54) is 12.0 Å². The maximum Gasteiger partial charge on any atom is 0.305 e. The molecule has 0 radical (unpaired) electrons. The molecule has 1 amide bonds. The van der Waals surface area contributed by atoms with E-state index >= 15 is 0 Å². The molecule has 0 fully saturated rings. The minimum atomic E-state index is -0.298. The van der Waals surface area contributed by atoms with Crippen molar-refractivity contribution in [1.82, 2.24) is 14.7 Å². The second-order valence-corrected chi connectivity index (χ2v) is 6.62. The van der Waals surface area contributed by atoms with Crippen LogP contribution in [0.4, 0.5) is 0 Å². The lowest BCUT2D eigenvalue weighted by molar-refractivity contribution is -0.140. The van der Waals surface area contributed by atoms with Gasteiger partial charge in [-0.25, -0.2) is 4.68 Å². The van der Waals surface area contributed by atoms with Crippen LogP contribution in [0.2, 0.25) is 5.02 Å². The van der Waals surface area contributed by atoms with Gasteiger partial charge < -0.3 is 14.1 Å². The van der Waals surface area contributed by atoms with Gasteiger partial charge in [-0.05, 0) is 42.8 Å². The number of carbonyl (C=O) groups excluding carboxylic acids is 2. The molecule has 0 aliphatic rings. The summed E-state index contributed by atoms with van der Waals surface area (Å²) >= 11 is 5.98. The van der Waals surface area contributed by atoms with E-state index in [-0.39, 0.29) is 24.0 Å². The molecule has 146 valence electrons. The highest BCUT2D eigenvalue weighted by atomic mass is 35.5. The molecule has 0 unspecified atom stereocenters. The van der Waals surface area contributed by atoms with E-state index in [1.807, 2.05) is 12.1 Å². The van der Waals surface area contributed by atoms with E-state index in [4.69, 9.17) is 16.0 Å². The third-order valence-corrected chi connectivity index (χ3v) is 4.47. The van der Waals surface area contributed by atoms with Gasteiger partial charge in [0.1, 0.15) is 5.69 Å². The molecule has 2 heterocycles. The van der Waals surface area contributed by atoms with E-state index in [0.29, 0.717) is 29.4 Å². The smallest absolute Gasteiger partial charge is 0.305 e. The van der Waals surface area contributed by atoms with Gasteiger partial charge in [0.2, 0.25) is 0 Å². The summed E-state index contributed by atoms with van der Waals surface area (Å²) in [5.41, 5.74) is 1.68. The van der Waals surface area contributed by atoms with Gasteiger partial charge in [-0.2, -0.15) is 5.10 Å². The summed E-state index contributed by atoms with van der Waals surface area (Å²) in [5, 5.41) is 5.09. The molecule has 3 aromatic rings. The Kier molecular flexibility index (Phi) is 6.16. The van der Waals surface area contributed by atoms with Crippen LogP contribution in [0.5, 0.6) is 0 Å². The highest BCUT2D eigenvalue weighted by Crippen LogP contribution is 2.25. The van der Waals surface area contributed by atoms with Gasteiger partial charge in [-0.15, -0.1) is 0 Å². The van der Waals surface area contributed by atoms with Crippen molar-refractivity contribution in [3.63, 3.8) is 0 Å². The predicted molar refractivity (Wildman–Crippen MR) is 104 cm³/mol. The average molecular weight is 402 g/mol. The lowest BCUT2D eigenvalue weighted by atomic mass is 10.2. The van der Waals surface area contributed by atoms with E-state index in [9.17, 15) is 9.59 Å². The zero-order chi connectivity index (χ0) is 20.1. The number of rotatable bonds is 7. The molecule has 0 aliphatic carbocycles. The Balaban J connectivity index is 1.85. The van der Waals surface area contributed by atoms with Crippen LogP contribution >= 0.6 is 11.6 Å². The molecule has 8 heteroatoms. The number of amides is 1. The minimum Gasteiger partial charge on any atom is -0.469 e. The maximum absolute atomic E-state index is 12.8. The van der Waals surface area contributed by atoms with Crippen LogP contribution < -0.4 is 0 Å². The SMILES string of the molecule is COC(=O)CCCN(C)C(=O)c1cc(-c2ccco2)n(-c2ccc(Cl)cc2)n1. The Bertz CT molecular complexity index is 949. The lowest BCUT2D eigenvalue weighted by Gasteiger charge is -2.15. The van der Waals surface area contributed by atoms with Crippen LogP contribution in [-0.2, 0) is 9.53 Å². The first-order valence-corrected chi connectivity index (χ1v) is 9.09. The van der Waals surface area contributed by atoms with Gasteiger partial charge in [-0.3, -0.25) is 9.59 Å². The number of hydrogen-bond donors (Lipinski definition) is 0. The normalized spacial score (nSPS) is 10.7. The van der Waals surface area contributed by atoms with Crippen LogP contribution in [0.15, 0.2) is 53.1 Å². The minimum absolute atomic E-state index is 0.245. The molecular formula is C20H20ClN3O4. The molecule has 0 N–H and O–H groups in total. The number of esters is 1. The van der Waals surface area contributed by atoms with Crippen molar-refractivity contribution in [2.75, 3.05) is 20.7 Å². The molecule has 0 aliphatic heterocycles. The summed E-state index contributed by atoms with van der Waals surface area (Å²) < 4.78 is 11.8. The van der Waals surface area contributed by atoms with Crippen LogP contribution in [0.1, 0.15) is 23.3 Å². The lowest BCUT2D eigenvalue weighted by Crippen LogP contribution is -2.28. The summed E-state index contributed by atoms with van der Waals surface area (Å²) in [4.78, 5) is 25.6. The number of furan rings is 1. The van der Waals surface area contributed by atoms with Gasteiger partial charge in [0.25, 0.3) is 5.91 Å². The molecule has 2 aromatic heterocycles. The quantitative estimate of drug-likeness (QED) is 0.562. The number of nitrogens with zero attached hydrogens (tertiary/aromatic N) is 3. The average Bonchev–Trinajstić information content (AvgIpc) is 3.37. The number of benzene rings is 1. The van der Waals surface area contributed by atoms with Crippen molar-refractivity contribution < 1.29 is 18.7 Å². The number of carbonyl (C=O) groups is 2. The highest BCUT2D eigenvalue weighted by molar-refractivity contribution is 6.30. The summed E-state index contributed by atoms with van der Waals surface area (Å²) in [5.74, 6) is 0.0493. The highest BCUT2D eigenvalue weighted by Gasteiger charge is 2.21. The summed E-state index contributed by atoms with van der Waals surface area (Å²) in [6, 6.07) is 12.4. The Morgan fingerprint density at radius 1 is 1.25 bits per heavy atom. The number of halogens is 1. The molecule has 0 saturated carbocycles. The second-order valence-electron chi connectivity index (χ2n) is 6.19. The third kappa shape index (κ3) is 4.43. The van der Waals surface area contributed by atoms with E-state index in [1.54, 1.807) is 48.3 Å². The predicted octanol–water partition coefficient (Wildman–Crippen LogP) is 3.81. The molecule has 0 saturated heterocycles. The molecule has 7 nitrogen and oxygen atoms in total. The van der Waals surface area contributed by atoms with Crippen molar-refractivity contribution in [3.8, 4) is 17.1 Å². The van der Waals surface area contributed by atoms with Gasteiger partial charge in [0.15, 0.2) is 11.5 Å². The molecule has 3 rings (SSSR count). The second kappa shape index (κ2) is 8.75. The number of methoxy groups -OCH3 is 1. The van der Waals surface area contributed by atoms with Crippen molar-refractivity contribution in [1.29, 1.82) is 0 Å². The number of aromatic nitrogens is 2. The van der Waals surface area contributed by atoms with Crippen molar-refractivity contribution in [2.24, 2.45) is 0 Å². The zero-order valence-corrected chi connectivity index (χ0v) is 16.3.